The molecule has 1 saturated heterocycles. The molecule has 4 nitrogen and oxygen atoms in total. The number of pyridine rings is 1. The maximum absolute atomic E-state index is 6.65. The van der Waals surface area contributed by atoms with Crippen LogP contribution in [0, 0.1) is 0 Å². The minimum Gasteiger partial charge on any atom is -0.410 e. The van der Waals surface area contributed by atoms with Crippen molar-refractivity contribution in [3.8, 4) is 0 Å². The molecule has 0 atom stereocenters. The fraction of sp³-hybridized carbons (Fsp3) is 0.762. The van der Waals surface area contributed by atoms with E-state index in [9.17, 15) is 0 Å². The molecule has 0 aliphatic carbocycles. The fourth-order valence-corrected chi connectivity index (χ4v) is 9.74. The molecule has 27 heavy (non-hydrogen) atoms. The van der Waals surface area contributed by atoms with E-state index in [1.54, 1.807) is 0 Å². The summed E-state index contributed by atoms with van der Waals surface area (Å²) in [4.78, 5) is 4.64. The Bertz CT molecular complexity index is 591. The Morgan fingerprint density at radius 2 is 1.41 bits per heavy atom. The van der Waals surface area contributed by atoms with Crippen molar-refractivity contribution in [3.63, 3.8) is 0 Å². The van der Waals surface area contributed by atoms with Crippen molar-refractivity contribution in [2.24, 2.45) is 0 Å². The Labute approximate surface area is 167 Å². The Morgan fingerprint density at radius 1 is 0.926 bits per heavy atom. The Morgan fingerprint density at radius 3 is 1.78 bits per heavy atom. The third kappa shape index (κ3) is 4.34. The average molecular weight is 391 g/mol. The molecule has 1 aromatic heterocycles. The van der Waals surface area contributed by atoms with Crippen molar-refractivity contribution < 1.29 is 13.7 Å². The highest BCUT2D eigenvalue weighted by atomic mass is 28.4. The van der Waals surface area contributed by atoms with Gasteiger partial charge in [0.25, 0.3) is 0 Å². The van der Waals surface area contributed by atoms with Gasteiger partial charge < -0.3 is 13.7 Å². The summed E-state index contributed by atoms with van der Waals surface area (Å²) < 4.78 is 18.9. The zero-order chi connectivity index (χ0) is 20.6. The molecular formula is C21H38BNO3Si. The van der Waals surface area contributed by atoms with Crippen molar-refractivity contribution in [1.82, 2.24) is 4.98 Å². The minimum atomic E-state index is -1.88. The van der Waals surface area contributed by atoms with Crippen LogP contribution in [0.2, 0.25) is 16.6 Å². The topological polar surface area (TPSA) is 40.6 Å². The largest absolute Gasteiger partial charge is 0.496 e. The van der Waals surface area contributed by atoms with E-state index in [1.165, 1.54) is 0 Å². The summed E-state index contributed by atoms with van der Waals surface area (Å²) in [5.74, 6) is 0. The summed E-state index contributed by atoms with van der Waals surface area (Å²) >= 11 is 0. The van der Waals surface area contributed by atoms with Crippen molar-refractivity contribution in [2.45, 2.75) is 104 Å². The fourth-order valence-electron chi connectivity index (χ4n) is 4.34. The molecule has 0 bridgehead atoms. The molecule has 0 amide bonds. The van der Waals surface area contributed by atoms with Crippen molar-refractivity contribution >= 4 is 20.9 Å². The standard InChI is InChI=1S/C21H38BNO3Si/c1-15(2)27(16(3)4,17(5)6)24-14-19-12-11-18(13-23-19)22-25-20(7,8)21(9,10)26-22/h11-13,15-17H,14H2,1-10H3. The third-order valence-electron chi connectivity index (χ3n) is 6.55. The predicted octanol–water partition coefficient (Wildman–Crippen LogP) is 5.07. The van der Waals surface area contributed by atoms with Crippen LogP contribution in [0.3, 0.4) is 0 Å². The van der Waals surface area contributed by atoms with Crippen LogP contribution in [0.5, 0.6) is 0 Å². The lowest BCUT2D eigenvalue weighted by molar-refractivity contribution is 0.00578. The van der Waals surface area contributed by atoms with Crippen LogP contribution < -0.4 is 5.46 Å². The second-order valence-corrected chi connectivity index (χ2v) is 15.2. The van der Waals surface area contributed by atoms with Gasteiger partial charge in [-0.25, -0.2) is 0 Å². The lowest BCUT2D eigenvalue weighted by atomic mass is 9.80. The quantitative estimate of drug-likeness (QED) is 0.608. The first-order chi connectivity index (χ1) is 12.3. The summed E-state index contributed by atoms with van der Waals surface area (Å²) in [6.45, 7) is 22.7. The normalized spacial score (nSPS) is 19.5. The van der Waals surface area contributed by atoms with Gasteiger partial charge in [0, 0.05) is 11.7 Å². The molecule has 1 aliphatic rings. The molecule has 0 saturated carbocycles. The summed E-state index contributed by atoms with van der Waals surface area (Å²) in [7, 11) is -2.24. The van der Waals surface area contributed by atoms with Crippen LogP contribution >= 0.6 is 0 Å². The molecule has 0 radical (unpaired) electrons. The molecule has 152 valence electrons. The van der Waals surface area contributed by atoms with Gasteiger partial charge in [-0.1, -0.05) is 47.6 Å². The number of hydrogen-bond acceptors (Lipinski definition) is 4. The highest BCUT2D eigenvalue weighted by Crippen LogP contribution is 2.42. The molecule has 1 aromatic rings. The van der Waals surface area contributed by atoms with Crippen LogP contribution in [0.25, 0.3) is 0 Å². The minimum absolute atomic E-state index is 0.337. The van der Waals surface area contributed by atoms with Crippen molar-refractivity contribution in [3.05, 3.63) is 24.0 Å². The second kappa shape index (κ2) is 7.98. The number of rotatable bonds is 7. The highest BCUT2D eigenvalue weighted by Gasteiger charge is 2.51. The van der Waals surface area contributed by atoms with Crippen LogP contribution in [0.15, 0.2) is 18.3 Å². The van der Waals surface area contributed by atoms with Gasteiger partial charge in [-0.3, -0.25) is 4.98 Å². The molecule has 2 heterocycles. The SMILES string of the molecule is CC(C)[Si](OCc1ccc(B2OC(C)(C)C(C)(C)O2)cn1)(C(C)C)C(C)C. The molecule has 0 spiro atoms. The van der Waals surface area contributed by atoms with Crippen molar-refractivity contribution in [1.29, 1.82) is 0 Å². The van der Waals surface area contributed by atoms with E-state index in [0.29, 0.717) is 23.2 Å². The molecule has 0 aromatic carbocycles. The van der Waals surface area contributed by atoms with E-state index in [2.05, 4.69) is 80.3 Å². The van der Waals surface area contributed by atoms with Gasteiger partial charge in [-0.05, 0) is 50.4 Å². The monoisotopic (exact) mass is 391 g/mol. The van der Waals surface area contributed by atoms with Gasteiger partial charge in [0.05, 0.1) is 23.5 Å². The van der Waals surface area contributed by atoms with Gasteiger partial charge in [0.15, 0.2) is 0 Å². The third-order valence-corrected chi connectivity index (χ3v) is 12.6. The maximum atomic E-state index is 6.65. The van der Waals surface area contributed by atoms with E-state index in [0.717, 1.165) is 11.2 Å². The van der Waals surface area contributed by atoms with Gasteiger partial charge >= 0.3 is 7.12 Å². The van der Waals surface area contributed by atoms with Gasteiger partial charge in [-0.2, -0.15) is 0 Å². The van der Waals surface area contributed by atoms with Crippen molar-refractivity contribution in [2.75, 3.05) is 0 Å². The smallest absolute Gasteiger partial charge is 0.410 e. The first kappa shape index (κ1) is 22.6. The van der Waals surface area contributed by atoms with Crippen LogP contribution in [-0.4, -0.2) is 31.6 Å². The first-order valence-electron chi connectivity index (χ1n) is 10.3. The van der Waals surface area contributed by atoms with E-state index in [1.807, 2.05) is 12.3 Å². The Kier molecular flexibility index (Phi) is 6.68. The van der Waals surface area contributed by atoms with Gasteiger partial charge in [-0.15, -0.1) is 0 Å². The second-order valence-electron chi connectivity index (χ2n) is 9.78. The van der Waals surface area contributed by atoms with Crippen LogP contribution in [-0.2, 0) is 20.3 Å². The van der Waals surface area contributed by atoms with Crippen LogP contribution in [0.4, 0.5) is 0 Å². The van der Waals surface area contributed by atoms with Crippen LogP contribution in [0.1, 0.15) is 74.9 Å². The maximum Gasteiger partial charge on any atom is 0.496 e. The van der Waals surface area contributed by atoms with E-state index >= 15 is 0 Å². The lowest BCUT2D eigenvalue weighted by Crippen LogP contribution is -2.47. The predicted molar refractivity (Wildman–Crippen MR) is 116 cm³/mol. The van der Waals surface area contributed by atoms with Gasteiger partial charge in [0.2, 0.25) is 8.32 Å². The summed E-state index contributed by atoms with van der Waals surface area (Å²) in [6, 6.07) is 4.09. The molecular weight excluding hydrogens is 353 g/mol. The Balaban J connectivity index is 2.10. The number of aromatic nitrogens is 1. The molecule has 6 heteroatoms. The molecule has 0 N–H and O–H groups in total. The highest BCUT2D eigenvalue weighted by molar-refractivity contribution is 6.77. The van der Waals surface area contributed by atoms with Gasteiger partial charge in [0.1, 0.15) is 0 Å². The first-order valence-corrected chi connectivity index (χ1v) is 12.4. The zero-order valence-corrected chi connectivity index (χ0v) is 19.9. The van der Waals surface area contributed by atoms with E-state index in [4.69, 9.17) is 13.7 Å². The molecule has 2 rings (SSSR count). The molecule has 1 fully saturated rings. The number of nitrogens with zero attached hydrogens (tertiary/aromatic N) is 1. The zero-order valence-electron chi connectivity index (χ0n) is 18.9. The number of hydrogen-bond donors (Lipinski definition) is 0. The summed E-state index contributed by atoms with van der Waals surface area (Å²) in [6.07, 6.45) is 1.87. The summed E-state index contributed by atoms with van der Waals surface area (Å²) in [5.41, 5.74) is 2.96. The van der Waals surface area contributed by atoms with E-state index in [-0.39, 0.29) is 18.3 Å². The Hall–Kier alpha value is -0.688. The summed E-state index contributed by atoms with van der Waals surface area (Å²) in [5, 5.41) is 0. The molecule has 1 aliphatic heterocycles. The lowest BCUT2D eigenvalue weighted by Gasteiger charge is -2.42. The van der Waals surface area contributed by atoms with E-state index < -0.39 is 8.32 Å². The average Bonchev–Trinajstić information content (AvgIpc) is 2.75. The molecule has 0 unspecified atom stereocenters.